The summed E-state index contributed by atoms with van der Waals surface area (Å²) in [7, 11) is 0. The Morgan fingerprint density at radius 3 is 2.72 bits per heavy atom. The first-order chi connectivity index (χ1) is 8.66. The SMILES string of the molecule is NC(=S)c1ccc(CNC(=O)C2CCOC2)cc1. The van der Waals surface area contributed by atoms with Gasteiger partial charge in [0.25, 0.3) is 0 Å². The number of hydrogen-bond acceptors (Lipinski definition) is 3. The number of carbonyl (C=O) groups is 1. The van der Waals surface area contributed by atoms with Gasteiger partial charge in [-0.2, -0.15) is 0 Å². The fraction of sp³-hybridized carbons (Fsp3) is 0.385. The summed E-state index contributed by atoms with van der Waals surface area (Å²) >= 11 is 4.88. The Balaban J connectivity index is 1.86. The van der Waals surface area contributed by atoms with Gasteiger partial charge >= 0.3 is 0 Å². The van der Waals surface area contributed by atoms with Gasteiger partial charge in [-0.05, 0) is 12.0 Å². The molecule has 1 saturated heterocycles. The van der Waals surface area contributed by atoms with E-state index >= 15 is 0 Å². The number of carbonyl (C=O) groups excluding carboxylic acids is 1. The van der Waals surface area contributed by atoms with E-state index in [2.05, 4.69) is 5.32 Å². The third-order valence-corrected chi connectivity index (χ3v) is 3.24. The maximum atomic E-state index is 11.8. The normalized spacial score (nSPS) is 18.6. The van der Waals surface area contributed by atoms with E-state index in [9.17, 15) is 4.79 Å². The van der Waals surface area contributed by atoms with Crippen molar-refractivity contribution >= 4 is 23.1 Å². The summed E-state index contributed by atoms with van der Waals surface area (Å²) in [6.07, 6.45) is 0.812. The van der Waals surface area contributed by atoms with Gasteiger partial charge < -0.3 is 15.8 Å². The standard InChI is InChI=1S/C13H16N2O2S/c14-12(18)10-3-1-9(2-4-10)7-15-13(16)11-5-6-17-8-11/h1-4,11H,5-8H2,(H2,14,18)(H,15,16). The van der Waals surface area contributed by atoms with E-state index in [1.54, 1.807) is 0 Å². The highest BCUT2D eigenvalue weighted by atomic mass is 32.1. The average Bonchev–Trinajstić information content (AvgIpc) is 2.90. The van der Waals surface area contributed by atoms with Gasteiger partial charge in [0.05, 0.1) is 12.5 Å². The van der Waals surface area contributed by atoms with Crippen LogP contribution in [-0.4, -0.2) is 24.1 Å². The van der Waals surface area contributed by atoms with Crippen molar-refractivity contribution in [2.24, 2.45) is 11.7 Å². The molecule has 0 bridgehead atoms. The molecule has 2 rings (SSSR count). The Bertz CT molecular complexity index is 439. The minimum absolute atomic E-state index is 0.000827. The van der Waals surface area contributed by atoms with E-state index in [0.717, 1.165) is 17.5 Å². The quantitative estimate of drug-likeness (QED) is 0.796. The van der Waals surface area contributed by atoms with Gasteiger partial charge in [-0.1, -0.05) is 36.5 Å². The second-order valence-corrected chi connectivity index (χ2v) is 4.78. The Morgan fingerprint density at radius 2 is 2.17 bits per heavy atom. The van der Waals surface area contributed by atoms with Crippen LogP contribution in [0.3, 0.4) is 0 Å². The Hall–Kier alpha value is -1.46. The molecule has 5 heteroatoms. The summed E-state index contributed by atoms with van der Waals surface area (Å²) in [4.78, 5) is 12.1. The molecule has 1 atom stereocenters. The van der Waals surface area contributed by atoms with E-state index < -0.39 is 0 Å². The molecule has 1 heterocycles. The number of hydrogen-bond donors (Lipinski definition) is 2. The second kappa shape index (κ2) is 5.93. The average molecular weight is 264 g/mol. The van der Waals surface area contributed by atoms with Crippen molar-refractivity contribution in [3.63, 3.8) is 0 Å². The van der Waals surface area contributed by atoms with Crippen LogP contribution >= 0.6 is 12.2 Å². The van der Waals surface area contributed by atoms with Gasteiger partial charge in [0.1, 0.15) is 4.99 Å². The topological polar surface area (TPSA) is 64.3 Å². The van der Waals surface area contributed by atoms with Gasteiger partial charge in [0, 0.05) is 18.7 Å². The highest BCUT2D eigenvalue weighted by Crippen LogP contribution is 2.12. The summed E-state index contributed by atoms with van der Waals surface area (Å²) < 4.78 is 5.18. The number of ether oxygens (including phenoxy) is 1. The predicted molar refractivity (Wildman–Crippen MR) is 73.1 cm³/mol. The number of rotatable bonds is 4. The van der Waals surface area contributed by atoms with Crippen LogP contribution in [0.25, 0.3) is 0 Å². The molecule has 3 N–H and O–H groups in total. The van der Waals surface area contributed by atoms with Crippen molar-refractivity contribution < 1.29 is 9.53 Å². The first-order valence-corrected chi connectivity index (χ1v) is 6.32. The number of amides is 1. The van der Waals surface area contributed by atoms with Crippen LogP contribution in [-0.2, 0) is 16.1 Å². The van der Waals surface area contributed by atoms with Gasteiger partial charge in [0.15, 0.2) is 0 Å². The van der Waals surface area contributed by atoms with Gasteiger partial charge in [-0.3, -0.25) is 4.79 Å². The van der Waals surface area contributed by atoms with Crippen molar-refractivity contribution in [2.45, 2.75) is 13.0 Å². The zero-order chi connectivity index (χ0) is 13.0. The number of thiocarbonyl (C=S) groups is 1. The lowest BCUT2D eigenvalue weighted by Crippen LogP contribution is -2.30. The summed E-state index contributed by atoms with van der Waals surface area (Å²) in [6, 6.07) is 7.56. The summed E-state index contributed by atoms with van der Waals surface area (Å²) in [6.45, 7) is 1.74. The summed E-state index contributed by atoms with van der Waals surface area (Å²) in [5.74, 6) is 0.0619. The Morgan fingerprint density at radius 1 is 1.44 bits per heavy atom. The number of benzene rings is 1. The molecule has 1 fully saturated rings. The first kappa shape index (κ1) is 13.0. The van der Waals surface area contributed by atoms with Gasteiger partial charge in [-0.15, -0.1) is 0 Å². The maximum Gasteiger partial charge on any atom is 0.225 e. The predicted octanol–water partition coefficient (Wildman–Crippen LogP) is 0.973. The fourth-order valence-corrected chi connectivity index (χ4v) is 2.00. The van der Waals surface area contributed by atoms with Crippen LogP contribution in [0.15, 0.2) is 24.3 Å². The molecule has 0 saturated carbocycles. The molecule has 18 heavy (non-hydrogen) atoms. The van der Waals surface area contributed by atoms with E-state index in [-0.39, 0.29) is 11.8 Å². The lowest BCUT2D eigenvalue weighted by atomic mass is 10.1. The van der Waals surface area contributed by atoms with E-state index in [0.29, 0.717) is 24.7 Å². The lowest BCUT2D eigenvalue weighted by molar-refractivity contribution is -0.125. The van der Waals surface area contributed by atoms with Crippen molar-refractivity contribution in [2.75, 3.05) is 13.2 Å². The molecule has 0 spiro atoms. The molecule has 1 amide bonds. The van der Waals surface area contributed by atoms with Crippen LogP contribution in [0, 0.1) is 5.92 Å². The van der Waals surface area contributed by atoms with Gasteiger partial charge in [0.2, 0.25) is 5.91 Å². The summed E-state index contributed by atoms with van der Waals surface area (Å²) in [5, 5.41) is 2.91. The molecule has 1 aromatic carbocycles. The van der Waals surface area contributed by atoms with Crippen molar-refractivity contribution in [3.05, 3.63) is 35.4 Å². The minimum Gasteiger partial charge on any atom is -0.389 e. The largest absolute Gasteiger partial charge is 0.389 e. The Labute approximate surface area is 112 Å². The second-order valence-electron chi connectivity index (χ2n) is 4.34. The third kappa shape index (κ3) is 3.27. The van der Waals surface area contributed by atoms with Crippen molar-refractivity contribution in [1.29, 1.82) is 0 Å². The molecule has 0 aliphatic carbocycles. The zero-order valence-corrected chi connectivity index (χ0v) is 10.8. The number of nitrogens with one attached hydrogen (secondary N) is 1. The molecule has 1 aromatic rings. The van der Waals surface area contributed by atoms with E-state index in [1.807, 2.05) is 24.3 Å². The molecule has 1 aliphatic heterocycles. The van der Waals surface area contributed by atoms with Crippen LogP contribution in [0.1, 0.15) is 17.5 Å². The molecule has 1 unspecified atom stereocenters. The molecule has 0 aromatic heterocycles. The molecule has 1 aliphatic rings. The first-order valence-electron chi connectivity index (χ1n) is 5.91. The molecule has 0 radical (unpaired) electrons. The third-order valence-electron chi connectivity index (χ3n) is 3.01. The van der Waals surface area contributed by atoms with Crippen molar-refractivity contribution in [1.82, 2.24) is 5.32 Å². The highest BCUT2D eigenvalue weighted by molar-refractivity contribution is 7.80. The Kier molecular flexibility index (Phi) is 4.28. The van der Waals surface area contributed by atoms with Crippen LogP contribution in [0.2, 0.25) is 0 Å². The van der Waals surface area contributed by atoms with E-state index in [4.69, 9.17) is 22.7 Å². The molecular weight excluding hydrogens is 248 g/mol. The van der Waals surface area contributed by atoms with Crippen LogP contribution in [0.4, 0.5) is 0 Å². The minimum atomic E-state index is 0.000827. The van der Waals surface area contributed by atoms with E-state index in [1.165, 1.54) is 0 Å². The summed E-state index contributed by atoms with van der Waals surface area (Å²) in [5.41, 5.74) is 7.38. The monoisotopic (exact) mass is 264 g/mol. The fourth-order valence-electron chi connectivity index (χ4n) is 1.86. The van der Waals surface area contributed by atoms with Crippen molar-refractivity contribution in [3.8, 4) is 0 Å². The molecule has 4 nitrogen and oxygen atoms in total. The lowest BCUT2D eigenvalue weighted by Gasteiger charge is -2.09. The maximum absolute atomic E-state index is 11.8. The molecule has 96 valence electrons. The van der Waals surface area contributed by atoms with Crippen LogP contribution < -0.4 is 11.1 Å². The zero-order valence-electron chi connectivity index (χ0n) is 10.0. The highest BCUT2D eigenvalue weighted by Gasteiger charge is 2.22. The molecular formula is C13H16N2O2S. The van der Waals surface area contributed by atoms with Crippen LogP contribution in [0.5, 0.6) is 0 Å². The van der Waals surface area contributed by atoms with Gasteiger partial charge in [-0.25, -0.2) is 0 Å². The smallest absolute Gasteiger partial charge is 0.225 e. The number of nitrogens with two attached hydrogens (primary N) is 1.